The SMILES string of the molecule is O=[N+]([O-])CCCc1ccc([N+](=O)[O-])cc1. The highest BCUT2D eigenvalue weighted by molar-refractivity contribution is 5.32. The fraction of sp³-hybridized carbons (Fsp3) is 0.333. The van der Waals surface area contributed by atoms with Crippen LogP contribution in [0.2, 0.25) is 0 Å². The lowest BCUT2D eigenvalue weighted by Gasteiger charge is -1.97. The molecule has 0 amide bonds. The van der Waals surface area contributed by atoms with E-state index in [1.807, 2.05) is 0 Å². The van der Waals surface area contributed by atoms with Gasteiger partial charge in [0.25, 0.3) is 5.69 Å². The quantitative estimate of drug-likeness (QED) is 0.547. The minimum Gasteiger partial charge on any atom is -0.265 e. The second-order valence-electron chi connectivity index (χ2n) is 3.08. The molecular formula is C9H10N2O4. The summed E-state index contributed by atoms with van der Waals surface area (Å²) >= 11 is 0. The molecule has 1 aromatic carbocycles. The summed E-state index contributed by atoms with van der Waals surface area (Å²) in [5.74, 6) is 0. The maximum atomic E-state index is 10.3. The summed E-state index contributed by atoms with van der Waals surface area (Å²) in [5.41, 5.74) is 0.912. The molecule has 0 bridgehead atoms. The van der Waals surface area contributed by atoms with Gasteiger partial charge in [-0.25, -0.2) is 0 Å². The van der Waals surface area contributed by atoms with E-state index in [1.54, 1.807) is 12.1 Å². The van der Waals surface area contributed by atoms with Gasteiger partial charge in [0.05, 0.1) is 4.92 Å². The van der Waals surface area contributed by atoms with Gasteiger partial charge in [-0.1, -0.05) is 12.1 Å². The summed E-state index contributed by atoms with van der Waals surface area (Å²) in [7, 11) is 0. The topological polar surface area (TPSA) is 86.3 Å². The van der Waals surface area contributed by atoms with E-state index < -0.39 is 4.92 Å². The van der Waals surface area contributed by atoms with Gasteiger partial charge in [0.1, 0.15) is 0 Å². The average molecular weight is 210 g/mol. The van der Waals surface area contributed by atoms with Gasteiger partial charge in [0.15, 0.2) is 0 Å². The molecule has 0 N–H and O–H groups in total. The molecule has 0 aliphatic carbocycles. The molecule has 80 valence electrons. The first-order chi connectivity index (χ1) is 7.09. The lowest BCUT2D eigenvalue weighted by Crippen LogP contribution is -2.01. The monoisotopic (exact) mass is 210 g/mol. The Bertz CT molecular complexity index is 361. The first-order valence-corrected chi connectivity index (χ1v) is 4.45. The van der Waals surface area contributed by atoms with Crippen molar-refractivity contribution >= 4 is 5.69 Å². The molecule has 0 unspecified atom stereocenters. The minimum atomic E-state index is -0.471. The predicted octanol–water partition coefficient (Wildman–Crippen LogP) is 1.80. The van der Waals surface area contributed by atoms with E-state index in [0.29, 0.717) is 12.8 Å². The third kappa shape index (κ3) is 3.72. The Balaban J connectivity index is 2.50. The molecule has 0 fully saturated rings. The Kier molecular flexibility index (Phi) is 3.73. The number of hydrogen-bond acceptors (Lipinski definition) is 4. The molecule has 1 rings (SSSR count). The summed E-state index contributed by atoms with van der Waals surface area (Å²) in [4.78, 5) is 19.5. The number of hydrogen-bond donors (Lipinski definition) is 0. The van der Waals surface area contributed by atoms with Crippen LogP contribution in [0.4, 0.5) is 5.69 Å². The first-order valence-electron chi connectivity index (χ1n) is 4.45. The summed E-state index contributed by atoms with van der Waals surface area (Å²) in [6.45, 7) is -0.0724. The maximum Gasteiger partial charge on any atom is 0.269 e. The van der Waals surface area contributed by atoms with E-state index in [1.165, 1.54) is 12.1 Å². The fourth-order valence-corrected chi connectivity index (χ4v) is 1.20. The van der Waals surface area contributed by atoms with Crippen LogP contribution >= 0.6 is 0 Å². The largest absolute Gasteiger partial charge is 0.269 e. The second kappa shape index (κ2) is 5.04. The van der Waals surface area contributed by atoms with Gasteiger partial charge in [-0.3, -0.25) is 20.2 Å². The van der Waals surface area contributed by atoms with E-state index >= 15 is 0 Å². The zero-order valence-electron chi connectivity index (χ0n) is 7.96. The van der Waals surface area contributed by atoms with E-state index in [4.69, 9.17) is 0 Å². The molecular weight excluding hydrogens is 200 g/mol. The van der Waals surface area contributed by atoms with Crippen molar-refractivity contribution in [3.8, 4) is 0 Å². The average Bonchev–Trinajstić information content (AvgIpc) is 2.18. The van der Waals surface area contributed by atoms with Crippen molar-refractivity contribution in [2.75, 3.05) is 6.54 Å². The summed E-state index contributed by atoms with van der Waals surface area (Å²) in [6.07, 6.45) is 1.02. The van der Waals surface area contributed by atoms with Crippen molar-refractivity contribution in [3.63, 3.8) is 0 Å². The van der Waals surface area contributed by atoms with Gasteiger partial charge in [-0.2, -0.15) is 0 Å². The van der Waals surface area contributed by atoms with Crippen molar-refractivity contribution in [3.05, 3.63) is 50.1 Å². The van der Waals surface area contributed by atoms with E-state index in [-0.39, 0.29) is 17.2 Å². The van der Waals surface area contributed by atoms with Crippen molar-refractivity contribution in [1.82, 2.24) is 0 Å². The maximum absolute atomic E-state index is 10.3. The molecule has 15 heavy (non-hydrogen) atoms. The number of aryl methyl sites for hydroxylation is 1. The van der Waals surface area contributed by atoms with Crippen LogP contribution in [-0.4, -0.2) is 16.4 Å². The lowest BCUT2D eigenvalue weighted by atomic mass is 10.1. The van der Waals surface area contributed by atoms with Crippen LogP contribution in [0, 0.1) is 20.2 Å². The Hall–Kier alpha value is -1.98. The molecule has 1 aromatic rings. The molecule has 6 heteroatoms. The molecule has 0 spiro atoms. The van der Waals surface area contributed by atoms with Crippen LogP contribution in [0.5, 0.6) is 0 Å². The molecule has 0 saturated carbocycles. The highest BCUT2D eigenvalue weighted by atomic mass is 16.6. The molecule has 0 radical (unpaired) electrons. The zero-order valence-corrected chi connectivity index (χ0v) is 7.96. The molecule has 0 aliphatic rings. The Labute approximate surface area is 85.8 Å². The molecule has 0 saturated heterocycles. The van der Waals surface area contributed by atoms with Crippen LogP contribution in [0.1, 0.15) is 12.0 Å². The van der Waals surface area contributed by atoms with Crippen molar-refractivity contribution in [1.29, 1.82) is 0 Å². The zero-order chi connectivity index (χ0) is 11.3. The second-order valence-corrected chi connectivity index (χ2v) is 3.08. The summed E-state index contributed by atoms with van der Waals surface area (Å²) in [5, 5.41) is 20.4. The van der Waals surface area contributed by atoms with Crippen LogP contribution in [0.3, 0.4) is 0 Å². The third-order valence-corrected chi connectivity index (χ3v) is 1.95. The fourth-order valence-electron chi connectivity index (χ4n) is 1.20. The van der Waals surface area contributed by atoms with Crippen LogP contribution in [0.25, 0.3) is 0 Å². The van der Waals surface area contributed by atoms with Crippen molar-refractivity contribution < 1.29 is 9.85 Å². The van der Waals surface area contributed by atoms with Crippen molar-refractivity contribution in [2.45, 2.75) is 12.8 Å². The van der Waals surface area contributed by atoms with Gasteiger partial charge in [-0.05, 0) is 12.0 Å². The van der Waals surface area contributed by atoms with Gasteiger partial charge < -0.3 is 0 Å². The standard InChI is InChI=1S/C9H10N2O4/c12-10(13)7-1-2-8-3-5-9(6-4-8)11(14)15/h3-6H,1-2,7H2. The number of rotatable bonds is 5. The summed E-state index contributed by atoms with van der Waals surface area (Å²) in [6, 6.07) is 6.05. The highest BCUT2D eigenvalue weighted by Crippen LogP contribution is 2.12. The van der Waals surface area contributed by atoms with Crippen LogP contribution in [0.15, 0.2) is 24.3 Å². The van der Waals surface area contributed by atoms with Gasteiger partial charge in [-0.15, -0.1) is 0 Å². The van der Waals surface area contributed by atoms with Crippen molar-refractivity contribution in [2.24, 2.45) is 0 Å². The number of benzene rings is 1. The third-order valence-electron chi connectivity index (χ3n) is 1.95. The molecule has 0 heterocycles. The Morgan fingerprint density at radius 2 is 1.67 bits per heavy atom. The Morgan fingerprint density at radius 3 is 2.13 bits per heavy atom. The lowest BCUT2D eigenvalue weighted by molar-refractivity contribution is -0.480. The van der Waals surface area contributed by atoms with Gasteiger partial charge in [0, 0.05) is 23.5 Å². The normalized spacial score (nSPS) is 9.87. The van der Waals surface area contributed by atoms with Gasteiger partial charge >= 0.3 is 0 Å². The molecule has 0 aliphatic heterocycles. The molecule has 6 nitrogen and oxygen atoms in total. The minimum absolute atomic E-state index is 0.0352. The summed E-state index contributed by atoms with van der Waals surface area (Å²) < 4.78 is 0. The number of non-ortho nitro benzene ring substituents is 1. The number of nitro benzene ring substituents is 1. The smallest absolute Gasteiger partial charge is 0.265 e. The number of nitrogens with zero attached hydrogens (tertiary/aromatic N) is 2. The van der Waals surface area contributed by atoms with Crippen LogP contribution < -0.4 is 0 Å². The highest BCUT2D eigenvalue weighted by Gasteiger charge is 2.04. The van der Waals surface area contributed by atoms with E-state index in [0.717, 1.165) is 5.56 Å². The van der Waals surface area contributed by atoms with E-state index in [2.05, 4.69) is 0 Å². The number of nitro groups is 2. The van der Waals surface area contributed by atoms with E-state index in [9.17, 15) is 20.2 Å². The molecule has 0 aromatic heterocycles. The Morgan fingerprint density at radius 1 is 1.07 bits per heavy atom. The molecule has 0 atom stereocenters. The first kappa shape index (κ1) is 11.1. The van der Waals surface area contributed by atoms with Gasteiger partial charge in [0.2, 0.25) is 6.54 Å². The van der Waals surface area contributed by atoms with Crippen LogP contribution in [-0.2, 0) is 6.42 Å². The predicted molar refractivity (Wildman–Crippen MR) is 53.3 cm³/mol.